The molecule has 116 valence electrons. The molecule has 1 saturated heterocycles. The minimum atomic E-state index is -0.844. The number of carbonyl (C=O) groups excluding carboxylic acids is 1. The van der Waals surface area contributed by atoms with Gasteiger partial charge in [-0.05, 0) is 42.6 Å². The molecular weight excluding hydrogens is 276 g/mol. The highest BCUT2D eigenvalue weighted by Crippen LogP contribution is 2.21. The molecule has 1 fully saturated rings. The van der Waals surface area contributed by atoms with E-state index in [1.807, 2.05) is 25.6 Å². The Balaban J connectivity index is 2.21. The van der Waals surface area contributed by atoms with E-state index in [0.717, 1.165) is 12.8 Å². The van der Waals surface area contributed by atoms with Gasteiger partial charge in [-0.3, -0.25) is 4.79 Å². The molecule has 0 aliphatic carbocycles. The first-order valence-corrected chi connectivity index (χ1v) is 8.46. The smallest absolute Gasteiger partial charge is 0.314 e. The SMILES string of the molecule is CC(C)CC(CNC(=O)NCC1CCSCC1)C(=O)O. The van der Waals surface area contributed by atoms with Gasteiger partial charge in [-0.2, -0.15) is 11.8 Å². The fraction of sp³-hybridized carbons (Fsp3) is 0.857. The van der Waals surface area contributed by atoms with Gasteiger partial charge in [-0.1, -0.05) is 13.8 Å². The maximum absolute atomic E-state index is 11.7. The van der Waals surface area contributed by atoms with E-state index < -0.39 is 11.9 Å². The first-order valence-electron chi connectivity index (χ1n) is 7.31. The molecule has 0 aromatic heterocycles. The van der Waals surface area contributed by atoms with Gasteiger partial charge >= 0.3 is 12.0 Å². The van der Waals surface area contributed by atoms with Gasteiger partial charge in [0.2, 0.25) is 0 Å². The fourth-order valence-electron chi connectivity index (χ4n) is 2.31. The Morgan fingerprint density at radius 2 is 1.90 bits per heavy atom. The van der Waals surface area contributed by atoms with Crippen molar-refractivity contribution in [2.75, 3.05) is 24.6 Å². The lowest BCUT2D eigenvalue weighted by Crippen LogP contribution is -2.42. The van der Waals surface area contributed by atoms with E-state index >= 15 is 0 Å². The lowest BCUT2D eigenvalue weighted by atomic mass is 9.97. The summed E-state index contributed by atoms with van der Waals surface area (Å²) in [6, 6.07) is -0.252. The van der Waals surface area contributed by atoms with E-state index in [-0.39, 0.29) is 12.6 Å². The number of urea groups is 1. The monoisotopic (exact) mass is 302 g/mol. The standard InChI is InChI=1S/C14H26N2O3S/c1-10(2)7-12(13(17)18)9-16-14(19)15-8-11-3-5-20-6-4-11/h10-12H,3-9H2,1-2H3,(H,17,18)(H2,15,16,19). The predicted octanol–water partition coefficient (Wildman–Crippen LogP) is 2.18. The minimum absolute atomic E-state index is 0.194. The number of nitrogens with one attached hydrogen (secondary N) is 2. The molecule has 0 saturated carbocycles. The molecule has 20 heavy (non-hydrogen) atoms. The number of thioether (sulfide) groups is 1. The van der Waals surface area contributed by atoms with Crippen LogP contribution < -0.4 is 10.6 Å². The van der Waals surface area contributed by atoms with Crippen LogP contribution in [0.1, 0.15) is 33.1 Å². The molecule has 5 nitrogen and oxygen atoms in total. The van der Waals surface area contributed by atoms with Gasteiger partial charge < -0.3 is 15.7 Å². The van der Waals surface area contributed by atoms with Crippen LogP contribution in [0.4, 0.5) is 4.79 Å². The third kappa shape index (κ3) is 7.03. The van der Waals surface area contributed by atoms with E-state index in [0.29, 0.717) is 24.8 Å². The van der Waals surface area contributed by atoms with Gasteiger partial charge in [0.15, 0.2) is 0 Å². The van der Waals surface area contributed by atoms with Crippen LogP contribution >= 0.6 is 11.8 Å². The van der Waals surface area contributed by atoms with Crippen molar-refractivity contribution < 1.29 is 14.7 Å². The molecule has 0 radical (unpaired) electrons. The molecule has 1 heterocycles. The molecule has 1 aliphatic rings. The third-order valence-electron chi connectivity index (χ3n) is 3.51. The molecule has 6 heteroatoms. The van der Waals surface area contributed by atoms with Crippen molar-refractivity contribution in [2.45, 2.75) is 33.1 Å². The van der Waals surface area contributed by atoms with Crippen LogP contribution in [0.2, 0.25) is 0 Å². The first kappa shape index (κ1) is 17.1. The molecule has 1 aliphatic heterocycles. The van der Waals surface area contributed by atoms with Crippen molar-refractivity contribution in [1.29, 1.82) is 0 Å². The Morgan fingerprint density at radius 3 is 2.45 bits per heavy atom. The molecular formula is C14H26N2O3S. The summed E-state index contributed by atoms with van der Waals surface area (Å²) < 4.78 is 0. The van der Waals surface area contributed by atoms with Crippen LogP contribution in [-0.2, 0) is 4.79 Å². The average Bonchev–Trinajstić information content (AvgIpc) is 2.41. The van der Waals surface area contributed by atoms with E-state index in [1.165, 1.54) is 11.5 Å². The maximum Gasteiger partial charge on any atom is 0.314 e. The van der Waals surface area contributed by atoms with Gasteiger partial charge in [0.1, 0.15) is 0 Å². The molecule has 2 amide bonds. The molecule has 1 unspecified atom stereocenters. The Kier molecular flexibility index (Phi) is 7.80. The quantitative estimate of drug-likeness (QED) is 0.673. The van der Waals surface area contributed by atoms with Crippen molar-refractivity contribution in [1.82, 2.24) is 10.6 Å². The number of carboxylic acids is 1. The third-order valence-corrected chi connectivity index (χ3v) is 4.56. The van der Waals surface area contributed by atoms with E-state index in [2.05, 4.69) is 10.6 Å². The molecule has 0 aromatic rings. The zero-order valence-electron chi connectivity index (χ0n) is 12.4. The van der Waals surface area contributed by atoms with Crippen LogP contribution in [0, 0.1) is 17.8 Å². The molecule has 0 bridgehead atoms. The van der Waals surface area contributed by atoms with E-state index in [4.69, 9.17) is 5.11 Å². The number of hydrogen-bond donors (Lipinski definition) is 3. The van der Waals surface area contributed by atoms with Crippen LogP contribution in [0.5, 0.6) is 0 Å². The summed E-state index contributed by atoms with van der Waals surface area (Å²) in [5.41, 5.74) is 0. The highest BCUT2D eigenvalue weighted by atomic mass is 32.2. The Morgan fingerprint density at radius 1 is 1.25 bits per heavy atom. The Bertz CT molecular complexity index is 318. The van der Waals surface area contributed by atoms with Gasteiger partial charge in [0.25, 0.3) is 0 Å². The summed E-state index contributed by atoms with van der Waals surface area (Å²) in [7, 11) is 0. The number of amides is 2. The molecule has 1 atom stereocenters. The van der Waals surface area contributed by atoms with Crippen LogP contribution in [0.3, 0.4) is 0 Å². The highest BCUT2D eigenvalue weighted by molar-refractivity contribution is 7.99. The summed E-state index contributed by atoms with van der Waals surface area (Å²) in [5, 5.41) is 14.6. The minimum Gasteiger partial charge on any atom is -0.481 e. The van der Waals surface area contributed by atoms with Crippen molar-refractivity contribution in [3.05, 3.63) is 0 Å². The maximum atomic E-state index is 11.7. The molecule has 0 aromatic carbocycles. The van der Waals surface area contributed by atoms with Crippen LogP contribution in [0.25, 0.3) is 0 Å². The second-order valence-corrected chi connectivity index (χ2v) is 7.04. The van der Waals surface area contributed by atoms with E-state index in [1.54, 1.807) is 0 Å². The number of hydrogen-bond acceptors (Lipinski definition) is 3. The average molecular weight is 302 g/mol. The number of aliphatic carboxylic acids is 1. The summed E-state index contributed by atoms with van der Waals surface area (Å²) in [6.45, 7) is 4.85. The first-order chi connectivity index (χ1) is 9.49. The molecule has 1 rings (SSSR count). The second-order valence-electron chi connectivity index (χ2n) is 5.81. The number of carboxylic acid groups (broad SMARTS) is 1. The summed E-state index contributed by atoms with van der Waals surface area (Å²) in [4.78, 5) is 22.8. The normalized spacial score (nSPS) is 17.8. The zero-order valence-corrected chi connectivity index (χ0v) is 13.2. The predicted molar refractivity (Wildman–Crippen MR) is 82.0 cm³/mol. The van der Waals surface area contributed by atoms with Crippen molar-refractivity contribution in [2.24, 2.45) is 17.8 Å². The van der Waals surface area contributed by atoms with Gasteiger partial charge in [-0.25, -0.2) is 4.79 Å². The summed E-state index contributed by atoms with van der Waals surface area (Å²) in [5.74, 6) is 1.86. The molecule has 0 spiro atoms. The lowest BCUT2D eigenvalue weighted by molar-refractivity contribution is -0.142. The second kappa shape index (κ2) is 9.10. The largest absolute Gasteiger partial charge is 0.481 e. The van der Waals surface area contributed by atoms with Crippen molar-refractivity contribution >= 4 is 23.8 Å². The topological polar surface area (TPSA) is 78.4 Å². The fourth-order valence-corrected chi connectivity index (χ4v) is 3.51. The van der Waals surface area contributed by atoms with Crippen molar-refractivity contribution in [3.8, 4) is 0 Å². The van der Waals surface area contributed by atoms with Crippen LogP contribution in [0.15, 0.2) is 0 Å². The van der Waals surface area contributed by atoms with Gasteiger partial charge in [-0.15, -0.1) is 0 Å². The summed E-state index contributed by atoms with van der Waals surface area (Å²) >= 11 is 1.96. The van der Waals surface area contributed by atoms with Gasteiger partial charge in [0.05, 0.1) is 5.92 Å². The summed E-state index contributed by atoms with van der Waals surface area (Å²) in [6.07, 6.45) is 2.88. The van der Waals surface area contributed by atoms with E-state index in [9.17, 15) is 9.59 Å². The highest BCUT2D eigenvalue weighted by Gasteiger charge is 2.20. The van der Waals surface area contributed by atoms with Crippen LogP contribution in [-0.4, -0.2) is 41.7 Å². The number of rotatable bonds is 7. The lowest BCUT2D eigenvalue weighted by Gasteiger charge is -2.22. The van der Waals surface area contributed by atoms with Crippen molar-refractivity contribution in [3.63, 3.8) is 0 Å². The Labute approximate surface area is 125 Å². The number of carbonyl (C=O) groups is 2. The van der Waals surface area contributed by atoms with Gasteiger partial charge in [0, 0.05) is 13.1 Å². The molecule has 3 N–H and O–H groups in total. The zero-order chi connectivity index (χ0) is 15.0. The Hall–Kier alpha value is -0.910.